The highest BCUT2D eigenvalue weighted by molar-refractivity contribution is 5.94. The Kier molecular flexibility index (Phi) is 5.83. The van der Waals surface area contributed by atoms with E-state index < -0.39 is 0 Å². The Morgan fingerprint density at radius 1 is 1.29 bits per heavy atom. The molecule has 4 rings (SSSR count). The van der Waals surface area contributed by atoms with Gasteiger partial charge in [0.25, 0.3) is 5.91 Å². The maximum absolute atomic E-state index is 12.9. The summed E-state index contributed by atoms with van der Waals surface area (Å²) in [7, 11) is 1.64. The highest BCUT2D eigenvalue weighted by atomic mass is 16.5. The van der Waals surface area contributed by atoms with Crippen molar-refractivity contribution in [1.82, 2.24) is 20.2 Å². The van der Waals surface area contributed by atoms with Crippen LogP contribution in [0.5, 0.6) is 5.75 Å². The molecule has 148 valence electrons. The second kappa shape index (κ2) is 8.67. The fourth-order valence-electron chi connectivity index (χ4n) is 3.70. The van der Waals surface area contributed by atoms with E-state index in [1.54, 1.807) is 7.11 Å². The molecule has 0 saturated carbocycles. The normalized spacial score (nSPS) is 18.8. The number of carbonyl (C=O) groups is 1. The number of amides is 1. The molecule has 0 aliphatic carbocycles. The van der Waals surface area contributed by atoms with Crippen molar-refractivity contribution in [3.8, 4) is 5.75 Å². The molecule has 1 N–H and O–H groups in total. The van der Waals surface area contributed by atoms with Crippen LogP contribution in [0.1, 0.15) is 39.8 Å². The summed E-state index contributed by atoms with van der Waals surface area (Å²) in [6.07, 6.45) is 3.77. The monoisotopic (exact) mass is 382 g/mol. The van der Waals surface area contributed by atoms with Crippen LogP contribution in [0.2, 0.25) is 0 Å². The third-order valence-corrected chi connectivity index (χ3v) is 5.32. The molecular weight excluding hydrogens is 356 g/mol. The maximum Gasteiger partial charge on any atom is 0.254 e. The molecule has 1 amide bonds. The predicted molar refractivity (Wildman–Crippen MR) is 105 cm³/mol. The molecule has 0 radical (unpaired) electrons. The average molecular weight is 382 g/mol. The molecule has 0 unspecified atom stereocenters. The summed E-state index contributed by atoms with van der Waals surface area (Å²) in [5.41, 5.74) is 2.80. The van der Waals surface area contributed by atoms with E-state index in [1.807, 2.05) is 35.4 Å². The minimum Gasteiger partial charge on any atom is -0.491 e. The van der Waals surface area contributed by atoms with Gasteiger partial charge in [-0.05, 0) is 37.2 Å². The molecule has 7 heteroatoms. The van der Waals surface area contributed by atoms with E-state index in [-0.39, 0.29) is 5.91 Å². The molecule has 2 aliphatic rings. The van der Waals surface area contributed by atoms with E-state index in [9.17, 15) is 4.79 Å². The molecule has 0 bridgehead atoms. The molecule has 7 nitrogen and oxygen atoms in total. The Morgan fingerprint density at radius 2 is 2.14 bits per heavy atom. The zero-order valence-corrected chi connectivity index (χ0v) is 16.2. The van der Waals surface area contributed by atoms with E-state index in [1.165, 1.54) is 0 Å². The van der Waals surface area contributed by atoms with Crippen LogP contribution in [-0.2, 0) is 17.7 Å². The Labute approximate surface area is 165 Å². The lowest BCUT2D eigenvalue weighted by Gasteiger charge is -2.28. The predicted octanol–water partition coefficient (Wildman–Crippen LogP) is 1.78. The van der Waals surface area contributed by atoms with E-state index in [4.69, 9.17) is 14.5 Å². The third kappa shape index (κ3) is 4.15. The van der Waals surface area contributed by atoms with Gasteiger partial charge in [-0.2, -0.15) is 0 Å². The fraction of sp³-hybridized carbons (Fsp3) is 0.476. The largest absolute Gasteiger partial charge is 0.491 e. The van der Waals surface area contributed by atoms with Gasteiger partial charge < -0.3 is 19.7 Å². The maximum atomic E-state index is 12.9. The van der Waals surface area contributed by atoms with Crippen molar-refractivity contribution in [2.24, 2.45) is 0 Å². The molecule has 1 saturated heterocycles. The lowest BCUT2D eigenvalue weighted by atomic mass is 10.0. The summed E-state index contributed by atoms with van der Waals surface area (Å²) < 4.78 is 10.5. The first-order valence-electron chi connectivity index (χ1n) is 9.81. The molecule has 0 spiro atoms. The molecular formula is C21H26N4O3. The Morgan fingerprint density at radius 3 is 2.89 bits per heavy atom. The van der Waals surface area contributed by atoms with E-state index in [0.29, 0.717) is 37.8 Å². The number of aromatic nitrogens is 2. The number of ether oxygens (including phenoxy) is 2. The van der Waals surface area contributed by atoms with Crippen LogP contribution in [-0.4, -0.2) is 60.7 Å². The zero-order chi connectivity index (χ0) is 19.3. The first-order valence-corrected chi connectivity index (χ1v) is 9.81. The summed E-state index contributed by atoms with van der Waals surface area (Å²) in [4.78, 5) is 24.1. The van der Waals surface area contributed by atoms with Crippen molar-refractivity contribution >= 4 is 5.91 Å². The summed E-state index contributed by atoms with van der Waals surface area (Å²) >= 11 is 0. The molecule has 2 aromatic rings. The van der Waals surface area contributed by atoms with Crippen LogP contribution in [0.4, 0.5) is 0 Å². The van der Waals surface area contributed by atoms with Gasteiger partial charge in [-0.3, -0.25) is 4.79 Å². The molecule has 3 heterocycles. The van der Waals surface area contributed by atoms with Crippen molar-refractivity contribution < 1.29 is 14.3 Å². The zero-order valence-electron chi connectivity index (χ0n) is 16.2. The van der Waals surface area contributed by atoms with Crippen molar-refractivity contribution in [2.75, 3.05) is 40.0 Å². The quantitative estimate of drug-likeness (QED) is 0.768. The highest BCUT2D eigenvalue weighted by Gasteiger charge is 2.25. The molecule has 2 aliphatic heterocycles. The SMILES string of the molecule is COCCOc1ccc(C(=O)N2CCc3nc([C@@H]4CCNC4)ncc3C2)cc1. The topological polar surface area (TPSA) is 76.6 Å². The van der Waals surface area contributed by atoms with E-state index in [0.717, 1.165) is 48.8 Å². The summed E-state index contributed by atoms with van der Waals surface area (Å²) in [6, 6.07) is 7.27. The summed E-state index contributed by atoms with van der Waals surface area (Å²) in [6.45, 7) is 4.25. The Hall–Kier alpha value is -2.51. The van der Waals surface area contributed by atoms with Gasteiger partial charge in [0.2, 0.25) is 0 Å². The Balaban J connectivity index is 1.40. The van der Waals surface area contributed by atoms with Crippen molar-refractivity contribution in [3.05, 3.63) is 53.1 Å². The fourth-order valence-corrected chi connectivity index (χ4v) is 3.70. The third-order valence-electron chi connectivity index (χ3n) is 5.32. The lowest BCUT2D eigenvalue weighted by Crippen LogP contribution is -2.36. The van der Waals surface area contributed by atoms with Gasteiger partial charge in [-0.1, -0.05) is 0 Å². The van der Waals surface area contributed by atoms with Gasteiger partial charge in [0.15, 0.2) is 0 Å². The minimum absolute atomic E-state index is 0.0261. The Bertz CT molecular complexity index is 819. The smallest absolute Gasteiger partial charge is 0.254 e. The van der Waals surface area contributed by atoms with Crippen LogP contribution in [0.15, 0.2) is 30.5 Å². The van der Waals surface area contributed by atoms with Gasteiger partial charge in [0, 0.05) is 56.4 Å². The standard InChI is InChI=1S/C21H26N4O3/c1-27-10-11-28-18-4-2-15(3-5-18)21(26)25-9-7-19-17(14-25)13-23-20(24-19)16-6-8-22-12-16/h2-5,13,16,22H,6-12,14H2,1H3/t16-/m1/s1. The average Bonchev–Trinajstić information content (AvgIpc) is 3.28. The van der Waals surface area contributed by atoms with Crippen LogP contribution in [0, 0.1) is 0 Å². The van der Waals surface area contributed by atoms with Crippen LogP contribution < -0.4 is 10.1 Å². The van der Waals surface area contributed by atoms with Gasteiger partial charge in [0.05, 0.1) is 12.3 Å². The molecule has 1 aromatic heterocycles. The lowest BCUT2D eigenvalue weighted by molar-refractivity contribution is 0.0733. The number of carbonyl (C=O) groups excluding carboxylic acids is 1. The number of hydrogen-bond donors (Lipinski definition) is 1. The number of methoxy groups -OCH3 is 1. The molecule has 1 aromatic carbocycles. The van der Waals surface area contributed by atoms with Crippen LogP contribution >= 0.6 is 0 Å². The second-order valence-corrected chi connectivity index (χ2v) is 7.23. The van der Waals surface area contributed by atoms with Crippen LogP contribution in [0.3, 0.4) is 0 Å². The summed E-state index contributed by atoms with van der Waals surface area (Å²) in [5, 5.41) is 3.36. The second-order valence-electron chi connectivity index (χ2n) is 7.23. The van der Waals surface area contributed by atoms with Gasteiger partial charge in [-0.15, -0.1) is 0 Å². The number of benzene rings is 1. The van der Waals surface area contributed by atoms with Gasteiger partial charge >= 0.3 is 0 Å². The van der Waals surface area contributed by atoms with E-state index >= 15 is 0 Å². The number of rotatable bonds is 6. The number of fused-ring (bicyclic) bond motifs is 1. The first kappa shape index (κ1) is 18.8. The van der Waals surface area contributed by atoms with Crippen molar-refractivity contribution in [1.29, 1.82) is 0 Å². The van der Waals surface area contributed by atoms with Gasteiger partial charge in [-0.25, -0.2) is 9.97 Å². The van der Waals surface area contributed by atoms with Crippen LogP contribution in [0.25, 0.3) is 0 Å². The summed E-state index contributed by atoms with van der Waals surface area (Å²) in [5.74, 6) is 2.11. The van der Waals surface area contributed by atoms with E-state index in [2.05, 4.69) is 10.3 Å². The van der Waals surface area contributed by atoms with Crippen molar-refractivity contribution in [3.63, 3.8) is 0 Å². The highest BCUT2D eigenvalue weighted by Crippen LogP contribution is 2.24. The molecule has 1 atom stereocenters. The minimum atomic E-state index is 0.0261. The van der Waals surface area contributed by atoms with Gasteiger partial charge in [0.1, 0.15) is 18.2 Å². The molecule has 28 heavy (non-hydrogen) atoms. The number of nitrogens with one attached hydrogen (secondary N) is 1. The first-order chi connectivity index (χ1) is 13.7. The number of hydrogen-bond acceptors (Lipinski definition) is 6. The molecule has 1 fully saturated rings. The van der Waals surface area contributed by atoms with Crippen molar-refractivity contribution in [2.45, 2.75) is 25.3 Å². The number of nitrogens with zero attached hydrogens (tertiary/aromatic N) is 3.